The van der Waals surface area contributed by atoms with Gasteiger partial charge in [0.2, 0.25) is 0 Å². The summed E-state index contributed by atoms with van der Waals surface area (Å²) in [7, 11) is 0. The van der Waals surface area contributed by atoms with Crippen molar-refractivity contribution < 1.29 is 9.50 Å². The van der Waals surface area contributed by atoms with Crippen LogP contribution in [0.15, 0.2) is 18.5 Å². The summed E-state index contributed by atoms with van der Waals surface area (Å²) < 4.78 is 13.2. The summed E-state index contributed by atoms with van der Waals surface area (Å²) >= 11 is 0. The van der Waals surface area contributed by atoms with Crippen LogP contribution in [0.4, 0.5) is 4.39 Å². The van der Waals surface area contributed by atoms with E-state index in [1.54, 1.807) is 6.07 Å². The summed E-state index contributed by atoms with van der Waals surface area (Å²) in [4.78, 5) is 3.65. The zero-order chi connectivity index (χ0) is 9.47. The minimum Gasteiger partial charge on any atom is -0.385 e. The Morgan fingerprint density at radius 3 is 3.08 bits per heavy atom. The normalized spacial score (nSPS) is 31.8. The Morgan fingerprint density at radius 1 is 1.77 bits per heavy atom. The molecule has 1 aromatic rings. The first-order chi connectivity index (χ1) is 6.18. The SMILES string of the molecule is CCC1CC1(O)c1ccncc1F. The Balaban J connectivity index is 2.32. The van der Waals surface area contributed by atoms with Gasteiger partial charge in [-0.3, -0.25) is 4.98 Å². The molecule has 1 aliphatic carbocycles. The highest BCUT2D eigenvalue weighted by molar-refractivity contribution is 5.28. The summed E-state index contributed by atoms with van der Waals surface area (Å²) in [5.74, 6) is -0.189. The first kappa shape index (κ1) is 8.63. The van der Waals surface area contributed by atoms with E-state index in [4.69, 9.17) is 0 Å². The van der Waals surface area contributed by atoms with Gasteiger partial charge in [-0.15, -0.1) is 0 Å². The summed E-state index contributed by atoms with van der Waals surface area (Å²) in [6, 6.07) is 1.56. The topological polar surface area (TPSA) is 33.1 Å². The van der Waals surface area contributed by atoms with Gasteiger partial charge in [-0.2, -0.15) is 0 Å². The molecule has 1 heterocycles. The van der Waals surface area contributed by atoms with E-state index in [2.05, 4.69) is 4.98 Å². The molecule has 1 aromatic heterocycles. The second kappa shape index (κ2) is 2.77. The zero-order valence-corrected chi connectivity index (χ0v) is 7.50. The molecule has 1 fully saturated rings. The molecule has 13 heavy (non-hydrogen) atoms. The quantitative estimate of drug-likeness (QED) is 0.755. The number of hydrogen-bond acceptors (Lipinski definition) is 2. The van der Waals surface area contributed by atoms with Gasteiger partial charge in [0, 0.05) is 11.8 Å². The van der Waals surface area contributed by atoms with E-state index in [1.165, 1.54) is 6.20 Å². The Kier molecular flexibility index (Phi) is 1.84. The minimum absolute atomic E-state index is 0.212. The highest BCUT2D eigenvalue weighted by atomic mass is 19.1. The van der Waals surface area contributed by atoms with Crippen molar-refractivity contribution in [3.8, 4) is 0 Å². The lowest BCUT2D eigenvalue weighted by Crippen LogP contribution is -2.11. The summed E-state index contributed by atoms with van der Waals surface area (Å²) in [5.41, 5.74) is -0.517. The summed E-state index contributed by atoms with van der Waals surface area (Å²) in [5, 5.41) is 9.97. The van der Waals surface area contributed by atoms with Gasteiger partial charge in [-0.25, -0.2) is 4.39 Å². The Labute approximate surface area is 76.4 Å². The van der Waals surface area contributed by atoms with Gasteiger partial charge in [-0.1, -0.05) is 13.3 Å². The third-order valence-electron chi connectivity index (χ3n) is 2.80. The van der Waals surface area contributed by atoms with Crippen LogP contribution in [0.1, 0.15) is 25.3 Å². The molecular weight excluding hydrogens is 169 g/mol. The van der Waals surface area contributed by atoms with Crippen molar-refractivity contribution >= 4 is 0 Å². The molecule has 0 saturated heterocycles. The number of rotatable bonds is 2. The maximum absolute atomic E-state index is 13.2. The minimum atomic E-state index is -0.915. The van der Waals surface area contributed by atoms with Crippen molar-refractivity contribution in [2.45, 2.75) is 25.4 Å². The van der Waals surface area contributed by atoms with Crippen molar-refractivity contribution in [3.05, 3.63) is 29.8 Å². The number of pyridine rings is 1. The van der Waals surface area contributed by atoms with Crippen LogP contribution in [0.3, 0.4) is 0 Å². The summed E-state index contributed by atoms with van der Waals surface area (Å²) in [6.07, 6.45) is 4.22. The lowest BCUT2D eigenvalue weighted by molar-refractivity contribution is 0.126. The molecule has 1 saturated carbocycles. The largest absolute Gasteiger partial charge is 0.385 e. The molecule has 0 bridgehead atoms. The van der Waals surface area contributed by atoms with E-state index in [-0.39, 0.29) is 5.92 Å². The van der Waals surface area contributed by atoms with Gasteiger partial charge in [0.15, 0.2) is 0 Å². The molecule has 0 radical (unpaired) electrons. The molecule has 70 valence electrons. The fourth-order valence-electron chi connectivity index (χ4n) is 1.85. The second-order valence-electron chi connectivity index (χ2n) is 3.59. The molecule has 1 N–H and O–H groups in total. The molecule has 1 aliphatic rings. The number of halogens is 1. The summed E-state index contributed by atoms with van der Waals surface area (Å²) in [6.45, 7) is 2.00. The van der Waals surface area contributed by atoms with Gasteiger partial charge in [-0.05, 0) is 18.4 Å². The van der Waals surface area contributed by atoms with E-state index in [9.17, 15) is 9.50 Å². The molecule has 3 heteroatoms. The average molecular weight is 181 g/mol. The molecule has 2 atom stereocenters. The third-order valence-corrected chi connectivity index (χ3v) is 2.80. The maximum Gasteiger partial charge on any atom is 0.147 e. The van der Waals surface area contributed by atoms with Crippen LogP contribution in [0.2, 0.25) is 0 Å². The van der Waals surface area contributed by atoms with Crippen LogP contribution < -0.4 is 0 Å². The predicted molar refractivity (Wildman–Crippen MR) is 46.5 cm³/mol. The van der Waals surface area contributed by atoms with Crippen LogP contribution in [-0.4, -0.2) is 10.1 Å². The van der Waals surface area contributed by atoms with Crippen molar-refractivity contribution in [3.63, 3.8) is 0 Å². The lowest BCUT2D eigenvalue weighted by atomic mass is 10.1. The standard InChI is InChI=1S/C10H12FNO/c1-2-7-5-10(7,13)8-3-4-12-6-9(8)11/h3-4,6-7,13H,2,5H2,1H3. The van der Waals surface area contributed by atoms with Gasteiger partial charge in [0.1, 0.15) is 5.82 Å². The average Bonchev–Trinajstić information content (AvgIpc) is 2.79. The van der Waals surface area contributed by atoms with Gasteiger partial charge < -0.3 is 5.11 Å². The monoisotopic (exact) mass is 181 g/mol. The number of aromatic nitrogens is 1. The molecule has 2 unspecified atom stereocenters. The molecule has 2 rings (SSSR count). The predicted octanol–water partition coefficient (Wildman–Crippen LogP) is 1.84. The van der Waals surface area contributed by atoms with Gasteiger partial charge >= 0.3 is 0 Å². The third kappa shape index (κ3) is 1.23. The molecule has 0 spiro atoms. The van der Waals surface area contributed by atoms with Crippen molar-refractivity contribution in [1.82, 2.24) is 4.98 Å². The van der Waals surface area contributed by atoms with E-state index in [0.717, 1.165) is 12.6 Å². The van der Waals surface area contributed by atoms with E-state index in [0.29, 0.717) is 12.0 Å². The van der Waals surface area contributed by atoms with Gasteiger partial charge in [0.25, 0.3) is 0 Å². The number of hydrogen-bond donors (Lipinski definition) is 1. The van der Waals surface area contributed by atoms with Crippen LogP contribution in [-0.2, 0) is 5.60 Å². The van der Waals surface area contributed by atoms with Gasteiger partial charge in [0.05, 0.1) is 11.8 Å². The molecule has 2 nitrogen and oxygen atoms in total. The maximum atomic E-state index is 13.2. The Morgan fingerprint density at radius 2 is 2.54 bits per heavy atom. The van der Waals surface area contributed by atoms with Crippen molar-refractivity contribution in [2.75, 3.05) is 0 Å². The molecular formula is C10H12FNO. The highest BCUT2D eigenvalue weighted by Gasteiger charge is 2.54. The van der Waals surface area contributed by atoms with Crippen LogP contribution in [0.5, 0.6) is 0 Å². The molecule has 0 aromatic carbocycles. The smallest absolute Gasteiger partial charge is 0.147 e. The highest BCUT2D eigenvalue weighted by Crippen LogP contribution is 2.54. The fourth-order valence-corrected chi connectivity index (χ4v) is 1.85. The Bertz CT molecular complexity index is 328. The van der Waals surface area contributed by atoms with E-state index >= 15 is 0 Å². The number of nitrogens with zero attached hydrogens (tertiary/aromatic N) is 1. The first-order valence-corrected chi connectivity index (χ1v) is 4.51. The van der Waals surface area contributed by atoms with E-state index < -0.39 is 11.4 Å². The second-order valence-corrected chi connectivity index (χ2v) is 3.59. The van der Waals surface area contributed by atoms with Crippen molar-refractivity contribution in [2.24, 2.45) is 5.92 Å². The van der Waals surface area contributed by atoms with Crippen molar-refractivity contribution in [1.29, 1.82) is 0 Å². The van der Waals surface area contributed by atoms with Crippen LogP contribution in [0.25, 0.3) is 0 Å². The van der Waals surface area contributed by atoms with E-state index in [1.807, 2.05) is 6.92 Å². The fraction of sp³-hybridized carbons (Fsp3) is 0.500. The van der Waals surface area contributed by atoms with Crippen LogP contribution >= 0.6 is 0 Å². The molecule has 0 aliphatic heterocycles. The zero-order valence-electron chi connectivity index (χ0n) is 7.50. The first-order valence-electron chi connectivity index (χ1n) is 4.51. The Hall–Kier alpha value is -0.960. The van der Waals surface area contributed by atoms with Crippen LogP contribution in [0, 0.1) is 11.7 Å². The molecule has 0 amide bonds. The number of aliphatic hydroxyl groups is 1. The lowest BCUT2D eigenvalue weighted by Gasteiger charge is -2.10.